The summed E-state index contributed by atoms with van der Waals surface area (Å²) < 4.78 is 1.99. The molecule has 0 amide bonds. The van der Waals surface area contributed by atoms with E-state index in [0.29, 0.717) is 5.69 Å². The minimum atomic E-state index is 0.405. The average molecular weight is 395 g/mol. The molecule has 0 unspecified atom stereocenters. The van der Waals surface area contributed by atoms with E-state index in [1.165, 1.54) is 32.3 Å². The number of para-hydroxylation sites is 1. The summed E-state index contributed by atoms with van der Waals surface area (Å²) in [6.45, 7) is 0. The number of nitriles is 1. The number of hydrogen-bond donors (Lipinski definition) is 0. The lowest BCUT2D eigenvalue weighted by Crippen LogP contribution is -1.96. The van der Waals surface area contributed by atoms with Crippen LogP contribution in [0.25, 0.3) is 49.4 Å². The molecule has 31 heavy (non-hydrogen) atoms. The van der Waals surface area contributed by atoms with Crippen molar-refractivity contribution < 1.29 is 0 Å². The Kier molecular flexibility index (Phi) is 3.84. The van der Waals surface area contributed by atoms with Gasteiger partial charge in [0.05, 0.1) is 0 Å². The summed E-state index contributed by atoms with van der Waals surface area (Å²) in [4.78, 5) is 4.63. The Morgan fingerprint density at radius 1 is 0.613 bits per heavy atom. The van der Waals surface area contributed by atoms with Crippen molar-refractivity contribution >= 4 is 32.3 Å². The van der Waals surface area contributed by atoms with E-state index in [4.69, 9.17) is 0 Å². The molecule has 6 rings (SSSR count). The van der Waals surface area contributed by atoms with Crippen molar-refractivity contribution in [2.75, 3.05) is 0 Å². The van der Waals surface area contributed by atoms with E-state index in [2.05, 4.69) is 77.8 Å². The zero-order chi connectivity index (χ0) is 20.8. The van der Waals surface area contributed by atoms with Gasteiger partial charge in [0.25, 0.3) is 0 Å². The molecule has 0 radical (unpaired) electrons. The van der Waals surface area contributed by atoms with Gasteiger partial charge in [-0.25, -0.2) is 4.98 Å². The molecular formula is C28H17N3. The van der Waals surface area contributed by atoms with Crippen LogP contribution in [0.2, 0.25) is 0 Å². The first-order chi connectivity index (χ1) is 15.3. The first-order valence-corrected chi connectivity index (χ1v) is 10.2. The van der Waals surface area contributed by atoms with E-state index in [1.54, 1.807) is 6.20 Å². The molecule has 6 aromatic rings. The first-order valence-electron chi connectivity index (χ1n) is 10.2. The van der Waals surface area contributed by atoms with Crippen LogP contribution < -0.4 is 0 Å². The lowest BCUT2D eigenvalue weighted by Gasteiger charge is -2.12. The maximum absolute atomic E-state index is 9.47. The van der Waals surface area contributed by atoms with Gasteiger partial charge in [-0.1, -0.05) is 78.9 Å². The molecule has 5 aromatic carbocycles. The minimum absolute atomic E-state index is 0.405. The van der Waals surface area contributed by atoms with Crippen LogP contribution in [-0.2, 0) is 0 Å². The summed E-state index contributed by atoms with van der Waals surface area (Å²) in [7, 11) is 0. The smallest absolute Gasteiger partial charge is 0.159 e. The molecule has 0 aliphatic rings. The quantitative estimate of drug-likeness (QED) is 0.300. The van der Waals surface area contributed by atoms with Gasteiger partial charge in [0, 0.05) is 17.4 Å². The van der Waals surface area contributed by atoms with Gasteiger partial charge in [-0.3, -0.25) is 4.57 Å². The fraction of sp³-hybridized carbons (Fsp3) is 0. The van der Waals surface area contributed by atoms with Crippen LogP contribution >= 0.6 is 0 Å². The summed E-state index contributed by atoms with van der Waals surface area (Å²) in [5.41, 5.74) is 2.37. The molecule has 0 bridgehead atoms. The van der Waals surface area contributed by atoms with Gasteiger partial charge < -0.3 is 0 Å². The van der Waals surface area contributed by atoms with Gasteiger partial charge in [0.15, 0.2) is 5.69 Å². The van der Waals surface area contributed by atoms with Crippen molar-refractivity contribution in [3.63, 3.8) is 0 Å². The Hall–Kier alpha value is -4.42. The molecule has 0 aliphatic carbocycles. The Morgan fingerprint density at radius 2 is 1.16 bits per heavy atom. The third kappa shape index (κ3) is 2.70. The molecule has 0 aliphatic heterocycles. The maximum Gasteiger partial charge on any atom is 0.159 e. The third-order valence-electron chi connectivity index (χ3n) is 5.86. The van der Waals surface area contributed by atoms with E-state index in [0.717, 1.165) is 17.1 Å². The van der Waals surface area contributed by atoms with E-state index in [9.17, 15) is 5.26 Å². The van der Waals surface area contributed by atoms with E-state index < -0.39 is 0 Å². The lowest BCUT2D eigenvalue weighted by molar-refractivity contribution is 1.07. The standard InChI is InChI=1S/C28H17N3/c29-17-20-18-31(21-8-2-1-3-9-21)28(30-20)19-14-15-26-24-12-5-4-10-22(24)23-11-6-7-13-25(23)27(26)16-19/h1-16,18H. The molecular weight excluding hydrogens is 378 g/mol. The predicted molar refractivity (Wildman–Crippen MR) is 126 cm³/mol. The summed E-state index contributed by atoms with van der Waals surface area (Å²) in [5, 5.41) is 16.8. The molecule has 0 fully saturated rings. The number of hydrogen-bond acceptors (Lipinski definition) is 2. The van der Waals surface area contributed by atoms with Crippen molar-refractivity contribution in [2.24, 2.45) is 0 Å². The van der Waals surface area contributed by atoms with Crippen molar-refractivity contribution in [3.05, 3.63) is 109 Å². The molecule has 3 nitrogen and oxygen atoms in total. The fourth-order valence-corrected chi connectivity index (χ4v) is 4.47. The van der Waals surface area contributed by atoms with Crippen molar-refractivity contribution in [2.45, 2.75) is 0 Å². The predicted octanol–water partition coefficient (Wildman–Crippen LogP) is 6.87. The highest BCUT2D eigenvalue weighted by atomic mass is 15.1. The number of benzene rings is 5. The molecule has 1 aromatic heterocycles. The molecule has 0 saturated carbocycles. The van der Waals surface area contributed by atoms with Gasteiger partial charge in [-0.15, -0.1) is 0 Å². The van der Waals surface area contributed by atoms with E-state index in [-0.39, 0.29) is 0 Å². The number of rotatable bonds is 2. The van der Waals surface area contributed by atoms with Crippen molar-refractivity contribution in [1.29, 1.82) is 5.26 Å². The molecule has 0 saturated heterocycles. The Balaban J connectivity index is 1.69. The highest BCUT2D eigenvalue weighted by molar-refractivity contribution is 6.25. The summed E-state index contributed by atoms with van der Waals surface area (Å²) in [5.74, 6) is 0.766. The number of fused-ring (bicyclic) bond motifs is 6. The third-order valence-corrected chi connectivity index (χ3v) is 5.86. The lowest BCUT2D eigenvalue weighted by atomic mass is 9.93. The van der Waals surface area contributed by atoms with Gasteiger partial charge in [0.2, 0.25) is 0 Å². The Bertz CT molecular complexity index is 1600. The van der Waals surface area contributed by atoms with Crippen LogP contribution in [0.1, 0.15) is 5.69 Å². The number of imidazole rings is 1. The van der Waals surface area contributed by atoms with E-state index in [1.807, 2.05) is 34.9 Å². The van der Waals surface area contributed by atoms with Crippen molar-refractivity contribution in [1.82, 2.24) is 9.55 Å². The largest absolute Gasteiger partial charge is 0.298 e. The monoisotopic (exact) mass is 395 g/mol. The second kappa shape index (κ2) is 6.83. The van der Waals surface area contributed by atoms with Crippen LogP contribution in [0.15, 0.2) is 103 Å². The normalized spacial score (nSPS) is 11.2. The molecule has 3 heteroatoms. The highest BCUT2D eigenvalue weighted by Gasteiger charge is 2.14. The van der Waals surface area contributed by atoms with Crippen LogP contribution in [0.4, 0.5) is 0 Å². The zero-order valence-corrected chi connectivity index (χ0v) is 16.7. The summed E-state index contributed by atoms with van der Waals surface area (Å²) in [6.07, 6.45) is 1.80. The van der Waals surface area contributed by atoms with Gasteiger partial charge >= 0.3 is 0 Å². The molecule has 0 spiro atoms. The highest BCUT2D eigenvalue weighted by Crippen LogP contribution is 2.37. The molecule has 0 atom stereocenters. The second-order valence-electron chi connectivity index (χ2n) is 7.62. The molecule has 1 heterocycles. The summed E-state index contributed by atoms with van der Waals surface area (Å²) >= 11 is 0. The second-order valence-corrected chi connectivity index (χ2v) is 7.62. The van der Waals surface area contributed by atoms with Gasteiger partial charge in [0.1, 0.15) is 11.9 Å². The van der Waals surface area contributed by atoms with Gasteiger partial charge in [-0.05, 0) is 50.5 Å². The number of aromatic nitrogens is 2. The van der Waals surface area contributed by atoms with Crippen LogP contribution in [0.5, 0.6) is 0 Å². The summed E-state index contributed by atoms with van der Waals surface area (Å²) in [6, 6.07) is 35.8. The van der Waals surface area contributed by atoms with Crippen LogP contribution in [0.3, 0.4) is 0 Å². The van der Waals surface area contributed by atoms with Gasteiger partial charge in [-0.2, -0.15) is 5.26 Å². The zero-order valence-electron chi connectivity index (χ0n) is 16.7. The first kappa shape index (κ1) is 17.4. The van der Waals surface area contributed by atoms with Crippen LogP contribution in [0, 0.1) is 11.3 Å². The Labute approximate surface area is 179 Å². The topological polar surface area (TPSA) is 41.6 Å². The SMILES string of the molecule is N#Cc1cn(-c2ccccc2)c(-c2ccc3c4ccccc4c4ccccc4c3c2)n1. The van der Waals surface area contributed by atoms with E-state index >= 15 is 0 Å². The maximum atomic E-state index is 9.47. The van der Waals surface area contributed by atoms with Crippen molar-refractivity contribution in [3.8, 4) is 23.1 Å². The number of nitrogens with zero attached hydrogens (tertiary/aromatic N) is 3. The Morgan fingerprint density at radius 3 is 1.77 bits per heavy atom. The van der Waals surface area contributed by atoms with Crippen LogP contribution in [-0.4, -0.2) is 9.55 Å². The fourth-order valence-electron chi connectivity index (χ4n) is 4.47. The molecule has 144 valence electrons. The minimum Gasteiger partial charge on any atom is -0.298 e. The average Bonchev–Trinajstić information content (AvgIpc) is 3.29. The molecule has 0 N–H and O–H groups in total.